The number of rotatable bonds is 9. The molecular formula is C55H40N4. The molecule has 0 aliphatic rings. The highest BCUT2D eigenvalue weighted by Crippen LogP contribution is 2.47. The van der Waals surface area contributed by atoms with E-state index in [-0.39, 0.29) is 0 Å². The van der Waals surface area contributed by atoms with Crippen molar-refractivity contribution in [3.8, 4) is 61.7 Å². The fourth-order valence-electron chi connectivity index (χ4n) is 8.28. The van der Waals surface area contributed by atoms with Gasteiger partial charge in [0, 0.05) is 45.8 Å². The summed E-state index contributed by atoms with van der Waals surface area (Å²) in [7, 11) is 0. The van der Waals surface area contributed by atoms with E-state index in [9.17, 15) is 0 Å². The Morgan fingerprint density at radius 1 is 0.441 bits per heavy atom. The van der Waals surface area contributed by atoms with Crippen molar-refractivity contribution in [3.05, 3.63) is 230 Å². The lowest BCUT2D eigenvalue weighted by Crippen LogP contribution is -2.11. The van der Waals surface area contributed by atoms with Crippen LogP contribution in [0, 0.1) is 6.92 Å². The largest absolute Gasteiger partial charge is 0.310 e. The molecular weight excluding hydrogens is 717 g/mol. The summed E-state index contributed by atoms with van der Waals surface area (Å²) in [5, 5.41) is 1.15. The molecule has 59 heavy (non-hydrogen) atoms. The Hall–Kier alpha value is -7.82. The Labute approximate surface area is 345 Å². The maximum atomic E-state index is 4.97. The van der Waals surface area contributed by atoms with Crippen LogP contribution in [0.5, 0.6) is 0 Å². The van der Waals surface area contributed by atoms with Gasteiger partial charge in [0.25, 0.3) is 0 Å². The number of aryl methyl sites for hydroxylation is 1. The number of pyridine rings is 2. The minimum atomic E-state index is 0.855. The zero-order valence-corrected chi connectivity index (χ0v) is 32.7. The van der Waals surface area contributed by atoms with Crippen molar-refractivity contribution < 1.29 is 0 Å². The first kappa shape index (κ1) is 35.6. The van der Waals surface area contributed by atoms with Crippen LogP contribution in [0.2, 0.25) is 0 Å². The Morgan fingerprint density at radius 2 is 1.03 bits per heavy atom. The van der Waals surface area contributed by atoms with Crippen molar-refractivity contribution in [3.63, 3.8) is 0 Å². The highest BCUT2D eigenvalue weighted by molar-refractivity contribution is 6.07. The molecule has 0 N–H and O–H groups in total. The summed E-state index contributed by atoms with van der Waals surface area (Å²) in [6, 6.07) is 75.2. The van der Waals surface area contributed by atoms with Gasteiger partial charge in [0.2, 0.25) is 0 Å². The fourth-order valence-corrected chi connectivity index (χ4v) is 8.28. The molecule has 3 aromatic heterocycles. The predicted octanol–water partition coefficient (Wildman–Crippen LogP) is 14.5. The third kappa shape index (κ3) is 6.77. The van der Waals surface area contributed by atoms with Crippen molar-refractivity contribution in [1.82, 2.24) is 14.5 Å². The van der Waals surface area contributed by atoms with Crippen LogP contribution < -0.4 is 4.90 Å². The van der Waals surface area contributed by atoms with Gasteiger partial charge in [-0.25, -0.2) is 4.98 Å². The SMILES string of the molecule is Cc1cnc(-c2cccc(N(c3ccc4c(-c5ccccc5)c(-c5ccccc5)n(-c5ccccn5)c4c3)c3ccccc3-c3ccccc3)c2)cc1-c1ccccc1. The number of hydrogen-bond donors (Lipinski definition) is 0. The van der Waals surface area contributed by atoms with Gasteiger partial charge in [-0.15, -0.1) is 0 Å². The molecule has 0 aliphatic carbocycles. The lowest BCUT2D eigenvalue weighted by Gasteiger charge is -2.28. The van der Waals surface area contributed by atoms with Gasteiger partial charge in [-0.3, -0.25) is 9.55 Å². The van der Waals surface area contributed by atoms with Gasteiger partial charge in [0.15, 0.2) is 0 Å². The second-order valence-electron chi connectivity index (χ2n) is 14.7. The van der Waals surface area contributed by atoms with Gasteiger partial charge in [0.05, 0.1) is 22.6 Å². The molecule has 10 aromatic rings. The summed E-state index contributed by atoms with van der Waals surface area (Å²) in [6.45, 7) is 2.13. The van der Waals surface area contributed by atoms with Crippen molar-refractivity contribution in [2.75, 3.05) is 4.90 Å². The van der Waals surface area contributed by atoms with Gasteiger partial charge in [0.1, 0.15) is 5.82 Å². The van der Waals surface area contributed by atoms with Crippen molar-refractivity contribution in [2.45, 2.75) is 6.92 Å². The number of hydrogen-bond acceptors (Lipinski definition) is 3. The van der Waals surface area contributed by atoms with E-state index in [0.717, 1.165) is 78.6 Å². The Kier molecular flexibility index (Phi) is 9.41. The van der Waals surface area contributed by atoms with Crippen LogP contribution in [0.25, 0.3) is 72.6 Å². The van der Waals surface area contributed by atoms with E-state index < -0.39 is 0 Å². The summed E-state index contributed by atoms with van der Waals surface area (Å²) >= 11 is 0. The van der Waals surface area contributed by atoms with E-state index in [1.807, 2.05) is 18.5 Å². The first-order chi connectivity index (χ1) is 29.2. The minimum absolute atomic E-state index is 0.855. The van der Waals surface area contributed by atoms with E-state index in [1.165, 1.54) is 16.7 Å². The molecule has 0 bridgehead atoms. The number of aromatic nitrogens is 3. The molecule has 0 fully saturated rings. The number of benzene rings is 7. The highest BCUT2D eigenvalue weighted by Gasteiger charge is 2.25. The average Bonchev–Trinajstić information content (AvgIpc) is 3.66. The molecule has 7 aromatic carbocycles. The molecule has 0 saturated heterocycles. The fraction of sp³-hybridized carbons (Fsp3) is 0.0182. The van der Waals surface area contributed by atoms with Gasteiger partial charge < -0.3 is 4.90 Å². The van der Waals surface area contributed by atoms with E-state index in [1.54, 1.807) is 0 Å². The lowest BCUT2D eigenvalue weighted by molar-refractivity contribution is 1.05. The standard InChI is InChI=1S/C55H40N4/c1-39-38-57-50(37-49(39)41-21-8-3-9-22-41)44-27-18-28-45(35-44)58(51-30-15-14-29-47(51)40-19-6-2-7-20-40)46-32-33-48-52(36-46)59(53-31-16-17-34-56-53)55(43-25-12-5-13-26-43)54(48)42-23-10-4-11-24-42/h2-38H,1H3. The first-order valence-electron chi connectivity index (χ1n) is 20.0. The molecule has 280 valence electrons. The van der Waals surface area contributed by atoms with Crippen molar-refractivity contribution >= 4 is 28.0 Å². The molecule has 0 radical (unpaired) electrons. The van der Waals surface area contributed by atoms with E-state index in [0.29, 0.717) is 0 Å². The number of para-hydroxylation sites is 1. The molecule has 3 heterocycles. The molecule has 4 heteroatoms. The van der Waals surface area contributed by atoms with Crippen LogP contribution in [-0.4, -0.2) is 14.5 Å². The van der Waals surface area contributed by atoms with Crippen LogP contribution in [0.3, 0.4) is 0 Å². The first-order valence-corrected chi connectivity index (χ1v) is 20.0. The molecule has 4 nitrogen and oxygen atoms in total. The molecule has 0 unspecified atom stereocenters. The maximum absolute atomic E-state index is 4.97. The summed E-state index contributed by atoms with van der Waals surface area (Å²) in [5.74, 6) is 0.855. The number of anilines is 3. The summed E-state index contributed by atoms with van der Waals surface area (Å²) in [6.07, 6.45) is 3.86. The lowest BCUT2D eigenvalue weighted by atomic mass is 9.97. The van der Waals surface area contributed by atoms with E-state index in [2.05, 4.69) is 223 Å². The smallest absolute Gasteiger partial charge is 0.137 e. The maximum Gasteiger partial charge on any atom is 0.137 e. The highest BCUT2D eigenvalue weighted by atomic mass is 15.2. The third-order valence-corrected chi connectivity index (χ3v) is 11.0. The summed E-state index contributed by atoms with van der Waals surface area (Å²) in [5.41, 5.74) is 16.5. The second-order valence-corrected chi connectivity index (χ2v) is 14.7. The molecule has 0 aliphatic heterocycles. The average molecular weight is 757 g/mol. The zero-order valence-electron chi connectivity index (χ0n) is 32.7. The molecule has 0 amide bonds. The predicted molar refractivity (Wildman–Crippen MR) is 245 cm³/mol. The van der Waals surface area contributed by atoms with Crippen molar-refractivity contribution in [1.29, 1.82) is 0 Å². The summed E-state index contributed by atoms with van der Waals surface area (Å²) in [4.78, 5) is 12.3. The molecule has 0 spiro atoms. The normalized spacial score (nSPS) is 11.1. The van der Waals surface area contributed by atoms with Crippen LogP contribution >= 0.6 is 0 Å². The minimum Gasteiger partial charge on any atom is -0.310 e. The Bertz CT molecular complexity index is 3030. The number of fused-ring (bicyclic) bond motifs is 1. The second kappa shape index (κ2) is 15.6. The van der Waals surface area contributed by atoms with Crippen LogP contribution in [0.15, 0.2) is 225 Å². The van der Waals surface area contributed by atoms with Gasteiger partial charge in [-0.2, -0.15) is 0 Å². The van der Waals surface area contributed by atoms with Crippen LogP contribution in [0.1, 0.15) is 5.56 Å². The molecule has 0 saturated carbocycles. The number of nitrogens with zero attached hydrogens (tertiary/aromatic N) is 4. The zero-order chi connectivity index (χ0) is 39.5. The third-order valence-electron chi connectivity index (χ3n) is 11.0. The van der Waals surface area contributed by atoms with E-state index >= 15 is 0 Å². The van der Waals surface area contributed by atoms with E-state index in [4.69, 9.17) is 9.97 Å². The molecule has 10 rings (SSSR count). The van der Waals surface area contributed by atoms with Crippen molar-refractivity contribution in [2.24, 2.45) is 0 Å². The Morgan fingerprint density at radius 3 is 1.73 bits per heavy atom. The van der Waals surface area contributed by atoms with Gasteiger partial charge in [-0.1, -0.05) is 164 Å². The van der Waals surface area contributed by atoms with Crippen LogP contribution in [-0.2, 0) is 0 Å². The summed E-state index contributed by atoms with van der Waals surface area (Å²) < 4.78 is 2.33. The topological polar surface area (TPSA) is 34.0 Å². The Balaban J connectivity index is 1.23. The van der Waals surface area contributed by atoms with Crippen LogP contribution in [0.4, 0.5) is 17.1 Å². The molecule has 0 atom stereocenters. The van der Waals surface area contributed by atoms with Gasteiger partial charge in [-0.05, 0) is 88.8 Å². The van der Waals surface area contributed by atoms with Gasteiger partial charge >= 0.3 is 0 Å². The quantitative estimate of drug-likeness (QED) is 0.147. The monoisotopic (exact) mass is 756 g/mol.